The summed E-state index contributed by atoms with van der Waals surface area (Å²) < 4.78 is 348. The van der Waals surface area contributed by atoms with Crippen molar-refractivity contribution in [3.05, 3.63) is 177 Å². The SMILES string of the molecule is FC(F)(F)c1cc([B-](c2cc(C(F)(F)F)cc(C(F)(F)F)c2)(c2cc(C(F)(F)F)cc(C(F)(F)F)c2)c2cc(C(F)(F)F)cc(C(F)(F)F)c2)cc(C(F)(F)F)c1.Sc1oc2ccccc2[n+]1Cc1ccccc1. The minimum atomic E-state index is -6.13. The Morgan fingerprint density at radius 3 is 0.838 bits per heavy atom. The Bertz CT molecular complexity index is 2720. The van der Waals surface area contributed by atoms with Crippen molar-refractivity contribution in [3.8, 4) is 0 Å². The average Bonchev–Trinajstić information content (AvgIpc) is 3.58. The molecule has 0 saturated carbocycles. The number of benzene rings is 6. The van der Waals surface area contributed by atoms with Crippen LogP contribution < -0.4 is 26.4 Å². The van der Waals surface area contributed by atoms with Crippen LogP contribution in [-0.4, -0.2) is 6.15 Å². The normalized spacial score (nSPS) is 13.5. The van der Waals surface area contributed by atoms with Crippen LogP contribution in [0, 0.1) is 0 Å². The van der Waals surface area contributed by atoms with Crippen molar-refractivity contribution in [1.29, 1.82) is 0 Å². The summed E-state index contributed by atoms with van der Waals surface area (Å²) in [4.78, 5) is 0. The van der Waals surface area contributed by atoms with Crippen LogP contribution in [0.5, 0.6) is 0 Å². The number of fused-ring (bicyclic) bond motifs is 1. The van der Waals surface area contributed by atoms with Gasteiger partial charge in [-0.25, -0.2) is 0 Å². The van der Waals surface area contributed by atoms with Gasteiger partial charge < -0.3 is 4.42 Å². The van der Waals surface area contributed by atoms with Gasteiger partial charge in [-0.15, -0.1) is 4.57 Å². The first kappa shape index (κ1) is 56.8. The van der Waals surface area contributed by atoms with Crippen LogP contribution in [0.2, 0.25) is 0 Å². The second-order valence-electron chi connectivity index (χ2n) is 16.1. The first-order valence-electron chi connectivity index (χ1n) is 20.1. The molecule has 2 nitrogen and oxygen atoms in total. The number of hydrogen-bond acceptors (Lipinski definition) is 2. The van der Waals surface area contributed by atoms with E-state index in [1.54, 1.807) is 0 Å². The fourth-order valence-corrected chi connectivity index (χ4v) is 8.29. The highest BCUT2D eigenvalue weighted by Gasteiger charge is 2.47. The maximum Gasteiger partial charge on any atom is 0.416 e. The van der Waals surface area contributed by atoms with E-state index in [1.165, 1.54) is 5.56 Å². The van der Waals surface area contributed by atoms with Gasteiger partial charge in [-0.05, 0) is 43.0 Å². The second kappa shape index (κ2) is 19.3. The molecule has 7 aromatic rings. The summed E-state index contributed by atoms with van der Waals surface area (Å²) in [5, 5.41) is 0.634. The minimum absolute atomic E-state index is 0.634. The summed E-state index contributed by atoms with van der Waals surface area (Å²) in [5.74, 6) is 0. The van der Waals surface area contributed by atoms with E-state index in [9.17, 15) is 105 Å². The zero-order valence-corrected chi connectivity index (χ0v) is 36.7. The third-order valence-electron chi connectivity index (χ3n) is 11.2. The maximum atomic E-state index is 14.2. The molecule has 0 aliphatic heterocycles. The standard InChI is InChI=1S/C32H12BF24.C14H11NOS/c34-25(35,36)13-1-14(26(37,38)39)6-21(5-13)33(22-7-15(27(40,41)42)2-16(8-22)28(43,44)45,23-9-17(29(46,47)48)3-18(10-23)30(49,50)51)24-11-19(31(52,53)54)4-20(12-24)32(55,56)57;17-14-15(10-11-6-2-1-3-7-11)12-8-4-5-9-13(12)16-14/h1-12H;1-9H,10H2/q-1;/p+1. The van der Waals surface area contributed by atoms with Gasteiger partial charge in [0.1, 0.15) is 6.15 Å². The highest BCUT2D eigenvalue weighted by Crippen LogP contribution is 2.41. The van der Waals surface area contributed by atoms with E-state index in [2.05, 4.69) is 29.3 Å². The molecule has 0 unspecified atom stereocenters. The Labute approximate surface area is 404 Å². The summed E-state index contributed by atoms with van der Waals surface area (Å²) in [5.41, 5.74) is -27.0. The number of rotatable bonds is 6. The van der Waals surface area contributed by atoms with Crippen molar-refractivity contribution in [3.63, 3.8) is 0 Å². The van der Waals surface area contributed by atoms with Gasteiger partial charge in [0.2, 0.25) is 5.58 Å². The molecule has 0 aliphatic rings. The molecule has 0 spiro atoms. The molecule has 0 amide bonds. The molecule has 74 heavy (non-hydrogen) atoms. The molecule has 0 aliphatic carbocycles. The molecule has 7 rings (SSSR count). The lowest BCUT2D eigenvalue weighted by atomic mass is 9.12. The third kappa shape index (κ3) is 12.4. The fraction of sp³-hybridized carbons (Fsp3) is 0.196. The first-order valence-corrected chi connectivity index (χ1v) is 20.6. The number of aromatic nitrogens is 1. The van der Waals surface area contributed by atoms with Crippen molar-refractivity contribution in [2.45, 2.75) is 61.2 Å². The molecule has 0 saturated heterocycles. The van der Waals surface area contributed by atoms with Gasteiger partial charge in [0.25, 0.3) is 5.52 Å². The van der Waals surface area contributed by atoms with Gasteiger partial charge in [0.15, 0.2) is 6.54 Å². The fourth-order valence-electron chi connectivity index (χ4n) is 8.01. The molecular weight excluding hydrogens is 1080 g/mol. The molecule has 1 heterocycles. The van der Waals surface area contributed by atoms with Gasteiger partial charge in [-0.1, -0.05) is 91.0 Å². The van der Waals surface area contributed by atoms with Gasteiger partial charge in [0.05, 0.1) is 44.5 Å². The van der Waals surface area contributed by atoms with Crippen LogP contribution in [0.1, 0.15) is 50.1 Å². The smallest absolute Gasteiger partial charge is 0.393 e. The average molecular weight is 1110 g/mol. The molecular formula is C46H24BF24NOS. The molecule has 6 aromatic carbocycles. The lowest BCUT2D eigenvalue weighted by Crippen LogP contribution is -2.75. The largest absolute Gasteiger partial charge is 0.416 e. The first-order chi connectivity index (χ1) is 33.6. The van der Waals surface area contributed by atoms with Gasteiger partial charge in [0, 0.05) is 11.6 Å². The zero-order chi connectivity index (χ0) is 55.6. The van der Waals surface area contributed by atoms with Crippen LogP contribution in [-0.2, 0) is 56.0 Å². The molecule has 0 fully saturated rings. The summed E-state index contributed by atoms with van der Waals surface area (Å²) in [6.07, 6.45) is -54.8. The van der Waals surface area contributed by atoms with Crippen LogP contribution in [0.3, 0.4) is 0 Å². The quantitative estimate of drug-likeness (QED) is 0.0760. The van der Waals surface area contributed by atoms with E-state index in [0.29, 0.717) is 5.22 Å². The summed E-state index contributed by atoms with van der Waals surface area (Å²) in [6.45, 7) is 0.774. The monoisotopic (exact) mass is 1110 g/mol. The number of thiol groups is 1. The maximum absolute atomic E-state index is 14.2. The predicted molar refractivity (Wildman–Crippen MR) is 219 cm³/mol. The molecule has 396 valence electrons. The summed E-state index contributed by atoms with van der Waals surface area (Å²) in [6, 6.07) is 9.45. The Morgan fingerprint density at radius 1 is 0.338 bits per heavy atom. The Hall–Kier alpha value is -6.48. The predicted octanol–water partition coefficient (Wildman–Crippen LogP) is 14.3. The van der Waals surface area contributed by atoms with Crippen molar-refractivity contribution >= 4 is 51.7 Å². The zero-order valence-electron chi connectivity index (χ0n) is 35.8. The Kier molecular flexibility index (Phi) is 14.8. The van der Waals surface area contributed by atoms with Gasteiger partial charge in [-0.3, -0.25) is 0 Å². The van der Waals surface area contributed by atoms with Crippen molar-refractivity contribution < 1.29 is 114 Å². The molecule has 0 radical (unpaired) electrons. The van der Waals surface area contributed by atoms with E-state index in [1.807, 2.05) is 42.5 Å². The van der Waals surface area contributed by atoms with Crippen molar-refractivity contribution in [2.24, 2.45) is 0 Å². The van der Waals surface area contributed by atoms with Crippen LogP contribution in [0.15, 0.2) is 137 Å². The number of para-hydroxylation sites is 2. The molecule has 0 bridgehead atoms. The van der Waals surface area contributed by atoms with E-state index >= 15 is 0 Å². The Balaban J connectivity index is 0.000000436. The number of hydrogen-bond donors (Lipinski definition) is 1. The number of nitrogens with zero attached hydrogens (tertiary/aromatic N) is 1. The Morgan fingerprint density at radius 2 is 0.581 bits per heavy atom. The number of alkyl halides is 24. The summed E-state index contributed by atoms with van der Waals surface area (Å²) >= 11 is 4.38. The van der Waals surface area contributed by atoms with E-state index in [4.69, 9.17) is 4.42 Å². The molecule has 0 N–H and O–H groups in total. The van der Waals surface area contributed by atoms with E-state index in [-0.39, 0.29) is 0 Å². The lowest BCUT2D eigenvalue weighted by molar-refractivity contribution is -0.707. The topological polar surface area (TPSA) is 17.0 Å². The molecule has 0 atom stereocenters. The van der Waals surface area contributed by atoms with Gasteiger partial charge >= 0.3 is 54.6 Å². The number of oxazole rings is 1. The highest BCUT2D eigenvalue weighted by molar-refractivity contribution is 7.79. The van der Waals surface area contributed by atoms with Crippen LogP contribution >= 0.6 is 12.6 Å². The van der Waals surface area contributed by atoms with Crippen LogP contribution in [0.25, 0.3) is 11.1 Å². The van der Waals surface area contributed by atoms with E-state index < -0.39 is 195 Å². The van der Waals surface area contributed by atoms with Gasteiger partial charge in [-0.2, -0.15) is 127 Å². The van der Waals surface area contributed by atoms with Crippen molar-refractivity contribution in [2.75, 3.05) is 0 Å². The second-order valence-corrected chi connectivity index (χ2v) is 16.5. The summed E-state index contributed by atoms with van der Waals surface area (Å²) in [7, 11) is 0. The molecule has 28 heteroatoms. The van der Waals surface area contributed by atoms with Crippen molar-refractivity contribution in [1.82, 2.24) is 0 Å². The minimum Gasteiger partial charge on any atom is -0.393 e. The van der Waals surface area contributed by atoms with Crippen LogP contribution in [0.4, 0.5) is 105 Å². The number of halogens is 24. The third-order valence-corrected chi connectivity index (χ3v) is 11.5. The van der Waals surface area contributed by atoms with E-state index in [0.717, 1.165) is 17.6 Å². The molecule has 1 aromatic heterocycles. The highest BCUT2D eigenvalue weighted by atomic mass is 32.1. The lowest BCUT2D eigenvalue weighted by Gasteiger charge is -2.46.